The van der Waals surface area contributed by atoms with Crippen LogP contribution in [-0.4, -0.2) is 11.7 Å². The number of aliphatic hydroxyl groups excluding tert-OH is 1. The van der Waals surface area contributed by atoms with E-state index in [0.29, 0.717) is 18.1 Å². The van der Waals surface area contributed by atoms with E-state index in [1.807, 2.05) is 18.2 Å². The lowest BCUT2D eigenvalue weighted by Gasteiger charge is -2.17. The van der Waals surface area contributed by atoms with E-state index in [1.165, 1.54) is 4.88 Å². The van der Waals surface area contributed by atoms with Crippen molar-refractivity contribution in [1.29, 1.82) is 0 Å². The molecular weight excluding hydrogens is 317 g/mol. The van der Waals surface area contributed by atoms with Crippen molar-refractivity contribution in [3.05, 3.63) is 39.7 Å². The van der Waals surface area contributed by atoms with Crippen LogP contribution in [0.1, 0.15) is 22.9 Å². The molecule has 20 heavy (non-hydrogen) atoms. The fourth-order valence-electron chi connectivity index (χ4n) is 2.21. The number of thiophene rings is 1. The molecule has 1 aromatic carbocycles. The first-order valence-corrected chi connectivity index (χ1v) is 7.30. The normalized spacial score (nSPS) is 13.8. The second-order valence-corrected chi connectivity index (χ2v) is 6.07. The molecule has 1 atom stereocenters. The summed E-state index contributed by atoms with van der Waals surface area (Å²) in [5, 5.41) is 9.68. The summed E-state index contributed by atoms with van der Waals surface area (Å²) in [6.45, 7) is 0.662. The van der Waals surface area contributed by atoms with Crippen molar-refractivity contribution in [3.63, 3.8) is 0 Å². The maximum atomic E-state index is 8.98. The minimum absolute atomic E-state index is 0. The van der Waals surface area contributed by atoms with E-state index in [1.54, 1.807) is 11.3 Å². The molecule has 108 valence electrons. The molecule has 3 N–H and O–H groups in total. The third kappa shape index (κ3) is 2.80. The fourth-order valence-corrected chi connectivity index (χ4v) is 3.61. The molecule has 2 heterocycles. The number of nitrogens with two attached hydrogens (primary N) is 1. The van der Waals surface area contributed by atoms with Crippen LogP contribution in [0.3, 0.4) is 0 Å². The molecule has 0 spiro atoms. The van der Waals surface area contributed by atoms with Gasteiger partial charge in [-0.25, -0.2) is 0 Å². The molecule has 0 aliphatic carbocycles. The van der Waals surface area contributed by atoms with E-state index in [-0.39, 0.29) is 25.1 Å². The minimum atomic E-state index is -0.122. The van der Waals surface area contributed by atoms with Gasteiger partial charge in [-0.15, -0.1) is 23.7 Å². The Morgan fingerprint density at radius 3 is 2.95 bits per heavy atom. The summed E-state index contributed by atoms with van der Waals surface area (Å²) in [4.78, 5) is 2.25. The van der Waals surface area contributed by atoms with Crippen molar-refractivity contribution in [2.75, 3.05) is 6.61 Å². The number of hydrogen-bond acceptors (Lipinski definition) is 4. The van der Waals surface area contributed by atoms with Gasteiger partial charge in [0.15, 0.2) is 0 Å². The molecule has 3 rings (SSSR count). The van der Waals surface area contributed by atoms with Crippen LogP contribution in [-0.2, 0) is 6.61 Å². The lowest BCUT2D eigenvalue weighted by atomic mass is 10.1. The Morgan fingerprint density at radius 1 is 1.40 bits per heavy atom. The Labute approximate surface area is 132 Å². The second-order valence-electron chi connectivity index (χ2n) is 4.55. The van der Waals surface area contributed by atoms with E-state index in [9.17, 15) is 0 Å². The molecule has 0 radical (unpaired) electrons. The number of ether oxygens (including phenoxy) is 1. The van der Waals surface area contributed by atoms with Crippen LogP contribution < -0.4 is 10.5 Å². The zero-order valence-corrected chi connectivity index (χ0v) is 13.0. The van der Waals surface area contributed by atoms with Gasteiger partial charge in [-0.1, -0.05) is 11.6 Å². The molecule has 6 heteroatoms. The smallest absolute Gasteiger partial charge is 0.128 e. The van der Waals surface area contributed by atoms with Crippen LogP contribution in [0.15, 0.2) is 24.3 Å². The summed E-state index contributed by atoms with van der Waals surface area (Å²) in [7, 11) is 0. The first-order chi connectivity index (χ1) is 9.19. The summed E-state index contributed by atoms with van der Waals surface area (Å²) in [5.74, 6) is 0.862. The average molecular weight is 332 g/mol. The average Bonchev–Trinajstić information content (AvgIpc) is 2.83. The standard InChI is InChI=1S/C14H14ClNO2S.ClH/c15-9-1-2-12-10(6-9)14-8(7-18-12)5-13(19-14)11(16)3-4-17;/h1-2,5-6,11,17H,3-4,7,16H2;1H. The predicted molar refractivity (Wildman–Crippen MR) is 85.0 cm³/mol. The minimum Gasteiger partial charge on any atom is -0.488 e. The lowest BCUT2D eigenvalue weighted by molar-refractivity contribution is 0.277. The number of benzene rings is 1. The molecule has 0 saturated carbocycles. The van der Waals surface area contributed by atoms with E-state index in [0.717, 1.165) is 21.8 Å². The largest absolute Gasteiger partial charge is 0.488 e. The van der Waals surface area contributed by atoms with Crippen LogP contribution in [0, 0.1) is 0 Å². The highest BCUT2D eigenvalue weighted by atomic mass is 35.5. The summed E-state index contributed by atoms with van der Waals surface area (Å²) in [6.07, 6.45) is 0.572. The Hall–Kier alpha value is -0.780. The van der Waals surface area contributed by atoms with Crippen molar-refractivity contribution in [1.82, 2.24) is 0 Å². The molecule has 0 bridgehead atoms. The lowest BCUT2D eigenvalue weighted by Crippen LogP contribution is -2.10. The molecule has 0 fully saturated rings. The van der Waals surface area contributed by atoms with Crippen LogP contribution in [0.2, 0.25) is 5.02 Å². The number of halogens is 2. The molecule has 0 saturated heterocycles. The first-order valence-electron chi connectivity index (χ1n) is 6.11. The maximum absolute atomic E-state index is 8.98. The zero-order valence-electron chi connectivity index (χ0n) is 10.6. The van der Waals surface area contributed by atoms with Crippen LogP contribution in [0.5, 0.6) is 5.75 Å². The molecule has 3 nitrogen and oxygen atoms in total. The van der Waals surface area contributed by atoms with Crippen molar-refractivity contribution in [2.24, 2.45) is 5.73 Å². The van der Waals surface area contributed by atoms with Gasteiger partial charge in [-0.2, -0.15) is 0 Å². The maximum Gasteiger partial charge on any atom is 0.128 e. The number of fused-ring (bicyclic) bond motifs is 3. The van der Waals surface area contributed by atoms with E-state index in [2.05, 4.69) is 6.07 Å². The highest BCUT2D eigenvalue weighted by Gasteiger charge is 2.22. The highest BCUT2D eigenvalue weighted by molar-refractivity contribution is 7.15. The number of hydrogen-bond donors (Lipinski definition) is 2. The van der Waals surface area contributed by atoms with E-state index in [4.69, 9.17) is 27.2 Å². The Balaban J connectivity index is 0.00000147. The molecule has 2 aromatic rings. The van der Waals surface area contributed by atoms with E-state index >= 15 is 0 Å². The topological polar surface area (TPSA) is 55.5 Å². The van der Waals surface area contributed by atoms with Gasteiger partial charge in [-0.3, -0.25) is 0 Å². The van der Waals surface area contributed by atoms with Gasteiger partial charge in [0.2, 0.25) is 0 Å². The molecule has 1 aliphatic rings. The van der Waals surface area contributed by atoms with Crippen LogP contribution >= 0.6 is 35.3 Å². The Kier molecular flexibility index (Phi) is 4.94. The van der Waals surface area contributed by atoms with Gasteiger partial charge in [0, 0.05) is 38.6 Å². The van der Waals surface area contributed by atoms with Gasteiger partial charge >= 0.3 is 0 Å². The van der Waals surface area contributed by atoms with E-state index < -0.39 is 0 Å². The molecule has 0 amide bonds. The quantitative estimate of drug-likeness (QED) is 0.900. The first kappa shape index (κ1) is 15.6. The molecule has 1 unspecified atom stereocenters. The summed E-state index contributed by atoms with van der Waals surface area (Å²) in [6, 6.07) is 7.60. The third-order valence-corrected chi connectivity index (χ3v) is 4.78. The fraction of sp³-hybridized carbons (Fsp3) is 0.286. The number of rotatable bonds is 3. The van der Waals surface area contributed by atoms with Gasteiger partial charge in [0.25, 0.3) is 0 Å². The van der Waals surface area contributed by atoms with Gasteiger partial charge in [0.1, 0.15) is 12.4 Å². The number of aliphatic hydroxyl groups is 1. The van der Waals surface area contributed by atoms with Crippen LogP contribution in [0.25, 0.3) is 10.4 Å². The van der Waals surface area contributed by atoms with Gasteiger partial charge in [0.05, 0.1) is 0 Å². The van der Waals surface area contributed by atoms with Gasteiger partial charge in [-0.05, 0) is 30.7 Å². The Bertz CT molecular complexity index is 615. The third-order valence-electron chi connectivity index (χ3n) is 3.20. The highest BCUT2D eigenvalue weighted by Crippen LogP contribution is 2.44. The summed E-state index contributed by atoms with van der Waals surface area (Å²) < 4.78 is 5.72. The monoisotopic (exact) mass is 331 g/mol. The summed E-state index contributed by atoms with van der Waals surface area (Å²) >= 11 is 7.71. The van der Waals surface area contributed by atoms with Gasteiger partial charge < -0.3 is 15.6 Å². The molecular formula is C14H15Cl2NO2S. The predicted octanol–water partition coefficient (Wildman–Crippen LogP) is 3.76. The Morgan fingerprint density at radius 2 is 2.20 bits per heavy atom. The molecule has 1 aromatic heterocycles. The summed E-state index contributed by atoms with van der Waals surface area (Å²) in [5.41, 5.74) is 8.22. The van der Waals surface area contributed by atoms with Crippen molar-refractivity contribution in [3.8, 4) is 16.2 Å². The van der Waals surface area contributed by atoms with Crippen molar-refractivity contribution < 1.29 is 9.84 Å². The van der Waals surface area contributed by atoms with Crippen LogP contribution in [0.4, 0.5) is 0 Å². The molecule has 1 aliphatic heterocycles. The van der Waals surface area contributed by atoms with Crippen molar-refractivity contribution in [2.45, 2.75) is 19.1 Å². The van der Waals surface area contributed by atoms with Crippen molar-refractivity contribution >= 4 is 35.3 Å². The SMILES string of the molecule is Cl.NC(CCO)c1cc2c(s1)-c1cc(Cl)ccc1OC2. The zero-order chi connectivity index (χ0) is 13.4. The second kappa shape index (κ2) is 6.33.